The third-order valence-electron chi connectivity index (χ3n) is 5.31. The summed E-state index contributed by atoms with van der Waals surface area (Å²) in [5.41, 5.74) is 7.47. The van der Waals surface area contributed by atoms with E-state index < -0.39 is 23.8 Å². The van der Waals surface area contributed by atoms with Crippen LogP contribution in [0.3, 0.4) is 0 Å². The summed E-state index contributed by atoms with van der Waals surface area (Å²) in [7, 11) is 0. The quantitative estimate of drug-likeness (QED) is 0.424. The van der Waals surface area contributed by atoms with Crippen LogP contribution < -0.4 is 11.1 Å². The van der Waals surface area contributed by atoms with E-state index in [0.29, 0.717) is 12.8 Å². The maximum absolute atomic E-state index is 12.5. The Morgan fingerprint density at radius 3 is 2.28 bits per heavy atom. The number of hydrogen-bond acceptors (Lipinski definition) is 5. The number of aliphatic carboxylic acids is 1. The van der Waals surface area contributed by atoms with Crippen LogP contribution in [0.4, 0.5) is 0 Å². The second-order valence-electron chi connectivity index (χ2n) is 7.84. The Morgan fingerprint density at radius 2 is 1.75 bits per heavy atom. The molecule has 7 nitrogen and oxygen atoms in total. The minimum absolute atomic E-state index is 0.00181. The zero-order valence-electron chi connectivity index (χ0n) is 18.4. The maximum atomic E-state index is 12.5. The summed E-state index contributed by atoms with van der Waals surface area (Å²) in [6.07, 6.45) is 0.744. The van der Waals surface area contributed by atoms with Gasteiger partial charge in [-0.05, 0) is 49.4 Å². The molecule has 172 valence electrons. The molecule has 0 saturated carbocycles. The highest BCUT2D eigenvalue weighted by molar-refractivity contribution is 7.15. The summed E-state index contributed by atoms with van der Waals surface area (Å²) in [6.45, 7) is 3.84. The van der Waals surface area contributed by atoms with Gasteiger partial charge in [-0.1, -0.05) is 31.2 Å². The number of hydrogen-bond donors (Lipinski definition) is 3. The van der Waals surface area contributed by atoms with E-state index in [2.05, 4.69) is 24.4 Å². The molecule has 0 radical (unpaired) electrons. The van der Waals surface area contributed by atoms with Gasteiger partial charge < -0.3 is 16.2 Å². The molecule has 0 aliphatic heterocycles. The molecule has 0 aliphatic rings. The topological polar surface area (TPSA) is 127 Å². The fourth-order valence-corrected chi connectivity index (χ4v) is 4.26. The van der Waals surface area contributed by atoms with Gasteiger partial charge in [0, 0.05) is 34.9 Å². The van der Waals surface area contributed by atoms with Gasteiger partial charge in [0.2, 0.25) is 11.8 Å². The Kier molecular flexibility index (Phi) is 9.59. The summed E-state index contributed by atoms with van der Waals surface area (Å²) in [5.74, 6) is -3.17. The molecule has 1 aromatic carbocycles. The average molecular weight is 459 g/mol. The Bertz CT molecular complexity index is 952. The van der Waals surface area contributed by atoms with Gasteiger partial charge in [-0.2, -0.15) is 0 Å². The highest BCUT2D eigenvalue weighted by atomic mass is 32.1. The zero-order chi connectivity index (χ0) is 23.7. The fraction of sp³-hybridized carbons (Fsp3) is 0.417. The molecular weight excluding hydrogens is 428 g/mol. The van der Waals surface area contributed by atoms with Crippen molar-refractivity contribution >= 4 is 34.9 Å². The van der Waals surface area contributed by atoms with Crippen molar-refractivity contribution in [3.8, 4) is 10.4 Å². The molecule has 0 bridgehead atoms. The van der Waals surface area contributed by atoms with E-state index in [1.807, 2.05) is 24.3 Å². The number of amides is 2. The summed E-state index contributed by atoms with van der Waals surface area (Å²) in [6, 6.07) is 11.5. The number of carbonyl (C=O) groups excluding carboxylic acids is 3. The standard InChI is InChI=1S/C24H30N2O5S/c1-3-19(20(27)14-18(24(25)31)10-13-23(29)30)26-22(28)12-7-16-5-8-17(9-6-16)21-11-4-15(2)32-21/h4-6,8-9,11,18-19H,3,7,10,12-14H2,1-2H3,(H2,25,31)(H,26,28)(H,29,30)/t18-,19+/m1/s1. The van der Waals surface area contributed by atoms with Gasteiger partial charge in [0.15, 0.2) is 5.78 Å². The van der Waals surface area contributed by atoms with Crippen molar-refractivity contribution in [2.45, 2.75) is 58.4 Å². The van der Waals surface area contributed by atoms with E-state index in [-0.39, 0.29) is 37.4 Å². The molecule has 0 saturated heterocycles. The number of nitrogens with one attached hydrogen (secondary N) is 1. The van der Waals surface area contributed by atoms with Crippen LogP contribution in [0.15, 0.2) is 36.4 Å². The smallest absolute Gasteiger partial charge is 0.303 e. The van der Waals surface area contributed by atoms with Gasteiger partial charge in [0.25, 0.3) is 0 Å². The van der Waals surface area contributed by atoms with E-state index in [9.17, 15) is 19.2 Å². The lowest BCUT2D eigenvalue weighted by Gasteiger charge is -2.19. The number of rotatable bonds is 13. The molecule has 2 rings (SSSR count). The summed E-state index contributed by atoms with van der Waals surface area (Å²) in [4.78, 5) is 49.7. The molecule has 0 spiro atoms. The molecule has 8 heteroatoms. The van der Waals surface area contributed by atoms with E-state index >= 15 is 0 Å². The number of nitrogens with two attached hydrogens (primary N) is 1. The Hall–Kier alpha value is -3.00. The molecule has 0 aliphatic carbocycles. The molecule has 2 aromatic rings. The fourth-order valence-electron chi connectivity index (χ4n) is 3.39. The van der Waals surface area contributed by atoms with Gasteiger partial charge in [-0.15, -0.1) is 11.3 Å². The first-order valence-electron chi connectivity index (χ1n) is 10.7. The lowest BCUT2D eigenvalue weighted by molar-refractivity contribution is -0.138. The Labute approximate surface area is 192 Å². The molecular formula is C24H30N2O5S. The number of aryl methyl sites for hydroxylation is 2. The molecule has 0 fully saturated rings. The third kappa shape index (κ3) is 7.92. The maximum Gasteiger partial charge on any atom is 0.303 e. The largest absolute Gasteiger partial charge is 0.481 e. The van der Waals surface area contributed by atoms with Crippen LogP contribution in [0.5, 0.6) is 0 Å². The van der Waals surface area contributed by atoms with Crippen molar-refractivity contribution in [2.75, 3.05) is 0 Å². The van der Waals surface area contributed by atoms with Gasteiger partial charge >= 0.3 is 5.97 Å². The second kappa shape index (κ2) is 12.1. The Morgan fingerprint density at radius 1 is 1.06 bits per heavy atom. The van der Waals surface area contributed by atoms with E-state index in [1.54, 1.807) is 18.3 Å². The third-order valence-corrected chi connectivity index (χ3v) is 6.36. The molecule has 1 aromatic heterocycles. The van der Waals surface area contributed by atoms with E-state index in [4.69, 9.17) is 10.8 Å². The second-order valence-corrected chi connectivity index (χ2v) is 9.13. The molecule has 2 atom stereocenters. The molecule has 4 N–H and O–H groups in total. The number of Topliss-reactive ketones (excluding diaryl/α,β-unsaturated/α-hetero) is 1. The van der Waals surface area contributed by atoms with Crippen LogP contribution in [0.1, 0.15) is 49.5 Å². The highest BCUT2D eigenvalue weighted by Gasteiger charge is 2.25. The van der Waals surface area contributed by atoms with Crippen molar-refractivity contribution in [2.24, 2.45) is 11.7 Å². The van der Waals surface area contributed by atoms with Crippen molar-refractivity contribution in [1.82, 2.24) is 5.32 Å². The van der Waals surface area contributed by atoms with Crippen LogP contribution in [-0.2, 0) is 25.6 Å². The van der Waals surface area contributed by atoms with Crippen molar-refractivity contribution in [3.05, 3.63) is 46.8 Å². The van der Waals surface area contributed by atoms with Crippen molar-refractivity contribution in [3.63, 3.8) is 0 Å². The summed E-state index contributed by atoms with van der Waals surface area (Å²) < 4.78 is 0. The first-order valence-corrected chi connectivity index (χ1v) is 11.5. The molecule has 1 heterocycles. The first-order chi connectivity index (χ1) is 15.2. The summed E-state index contributed by atoms with van der Waals surface area (Å²) in [5, 5.41) is 11.5. The number of ketones is 1. The highest BCUT2D eigenvalue weighted by Crippen LogP contribution is 2.27. The predicted octanol–water partition coefficient (Wildman–Crippen LogP) is 3.48. The van der Waals surface area contributed by atoms with Crippen LogP contribution in [0.25, 0.3) is 10.4 Å². The van der Waals surface area contributed by atoms with Crippen LogP contribution in [-0.4, -0.2) is 34.7 Å². The Balaban J connectivity index is 1.86. The van der Waals surface area contributed by atoms with E-state index in [1.165, 1.54) is 9.75 Å². The predicted molar refractivity (Wildman–Crippen MR) is 124 cm³/mol. The number of carbonyl (C=O) groups is 4. The zero-order valence-corrected chi connectivity index (χ0v) is 19.2. The van der Waals surface area contributed by atoms with Crippen LogP contribution in [0.2, 0.25) is 0 Å². The minimum atomic E-state index is -1.05. The van der Waals surface area contributed by atoms with Gasteiger partial charge in [0.05, 0.1) is 6.04 Å². The lowest BCUT2D eigenvalue weighted by atomic mass is 9.92. The number of carboxylic acid groups (broad SMARTS) is 1. The monoisotopic (exact) mass is 458 g/mol. The first kappa shape index (κ1) is 25.3. The molecule has 2 amide bonds. The number of thiophene rings is 1. The van der Waals surface area contributed by atoms with Crippen molar-refractivity contribution < 1.29 is 24.3 Å². The number of benzene rings is 1. The van der Waals surface area contributed by atoms with Crippen molar-refractivity contribution in [1.29, 1.82) is 0 Å². The van der Waals surface area contributed by atoms with E-state index in [0.717, 1.165) is 11.1 Å². The lowest BCUT2D eigenvalue weighted by Crippen LogP contribution is -2.42. The van der Waals surface area contributed by atoms with Gasteiger partial charge in [-0.3, -0.25) is 19.2 Å². The van der Waals surface area contributed by atoms with Crippen LogP contribution in [0, 0.1) is 12.8 Å². The number of carboxylic acids is 1. The SMILES string of the molecule is CC[C@H](NC(=O)CCc1ccc(-c2ccc(C)s2)cc1)C(=O)C[C@@H](CCC(=O)O)C(N)=O. The molecule has 0 unspecified atom stereocenters. The number of primary amides is 1. The normalized spacial score (nSPS) is 12.7. The molecule has 32 heavy (non-hydrogen) atoms. The van der Waals surface area contributed by atoms with Crippen LogP contribution >= 0.6 is 11.3 Å². The minimum Gasteiger partial charge on any atom is -0.481 e. The van der Waals surface area contributed by atoms with Gasteiger partial charge in [-0.25, -0.2) is 0 Å². The summed E-state index contributed by atoms with van der Waals surface area (Å²) >= 11 is 1.73. The average Bonchev–Trinajstić information content (AvgIpc) is 3.19. The van der Waals surface area contributed by atoms with Gasteiger partial charge in [0.1, 0.15) is 0 Å².